The number of aliphatic hydroxyl groups is 1. The molecule has 1 atom stereocenters. The third kappa shape index (κ3) is 3.22. The fourth-order valence-corrected chi connectivity index (χ4v) is 1.85. The highest BCUT2D eigenvalue weighted by Crippen LogP contribution is 2.13. The molecule has 0 bridgehead atoms. The van der Waals surface area contributed by atoms with E-state index in [0.717, 1.165) is 6.54 Å². The molecule has 0 radical (unpaired) electrons. The molecule has 18 heavy (non-hydrogen) atoms. The van der Waals surface area contributed by atoms with Crippen LogP contribution in [0.15, 0.2) is 41.0 Å². The van der Waals surface area contributed by atoms with E-state index in [1.54, 1.807) is 18.4 Å². The molecule has 2 rings (SSSR count). The molecular weight excluding hydrogens is 226 g/mol. The molecule has 1 heterocycles. The van der Waals surface area contributed by atoms with Gasteiger partial charge in [0.25, 0.3) is 0 Å². The molecule has 0 aliphatic rings. The highest BCUT2D eigenvalue weighted by atomic mass is 16.4. The van der Waals surface area contributed by atoms with Gasteiger partial charge in [0.2, 0.25) is 0 Å². The zero-order valence-corrected chi connectivity index (χ0v) is 10.8. The lowest BCUT2D eigenvalue weighted by Gasteiger charge is -2.10. The van der Waals surface area contributed by atoms with E-state index in [1.807, 2.05) is 0 Å². The number of aliphatic hydroxyl groups excluding tert-OH is 1. The summed E-state index contributed by atoms with van der Waals surface area (Å²) in [4.78, 5) is 0. The minimum atomic E-state index is -0.591. The maximum atomic E-state index is 9.83. The van der Waals surface area contributed by atoms with E-state index in [4.69, 9.17) is 4.42 Å². The molecule has 0 aliphatic heterocycles. The minimum Gasteiger partial charge on any atom is -0.467 e. The van der Waals surface area contributed by atoms with Gasteiger partial charge in [-0.3, -0.25) is 0 Å². The molecule has 0 amide bonds. The standard InChI is InChI=1S/C15H19NO2/c1-11-5-6-13(8-12(11)2)9-16-10-14(17)15-4-3-7-18-15/h3-8,14,16-17H,9-10H2,1-2H3. The maximum absolute atomic E-state index is 9.83. The van der Waals surface area contributed by atoms with Crippen molar-refractivity contribution in [3.63, 3.8) is 0 Å². The number of hydrogen-bond donors (Lipinski definition) is 2. The molecule has 0 aliphatic carbocycles. The first kappa shape index (κ1) is 12.9. The number of aryl methyl sites for hydroxylation is 2. The lowest BCUT2D eigenvalue weighted by Crippen LogP contribution is -2.20. The van der Waals surface area contributed by atoms with Crippen LogP contribution in [0.5, 0.6) is 0 Å². The zero-order valence-electron chi connectivity index (χ0n) is 10.8. The molecular formula is C15H19NO2. The van der Waals surface area contributed by atoms with Crippen molar-refractivity contribution in [3.8, 4) is 0 Å². The Bertz CT molecular complexity index is 491. The van der Waals surface area contributed by atoms with Crippen LogP contribution in [0.4, 0.5) is 0 Å². The van der Waals surface area contributed by atoms with Crippen LogP contribution in [0, 0.1) is 13.8 Å². The maximum Gasteiger partial charge on any atom is 0.133 e. The highest BCUT2D eigenvalue weighted by molar-refractivity contribution is 5.29. The Labute approximate surface area is 107 Å². The van der Waals surface area contributed by atoms with Crippen LogP contribution in [0.2, 0.25) is 0 Å². The highest BCUT2D eigenvalue weighted by Gasteiger charge is 2.09. The van der Waals surface area contributed by atoms with Crippen LogP contribution < -0.4 is 5.32 Å². The molecule has 0 spiro atoms. The number of benzene rings is 1. The van der Waals surface area contributed by atoms with Crippen molar-refractivity contribution in [3.05, 3.63) is 59.0 Å². The summed E-state index contributed by atoms with van der Waals surface area (Å²) in [6, 6.07) is 9.95. The molecule has 1 aromatic carbocycles. The molecule has 1 aromatic heterocycles. The van der Waals surface area contributed by atoms with Crippen molar-refractivity contribution in [1.29, 1.82) is 0 Å². The van der Waals surface area contributed by atoms with Gasteiger partial charge in [0.1, 0.15) is 11.9 Å². The van der Waals surface area contributed by atoms with Crippen LogP contribution >= 0.6 is 0 Å². The normalized spacial score (nSPS) is 12.6. The summed E-state index contributed by atoms with van der Waals surface area (Å²) in [5, 5.41) is 13.1. The Balaban J connectivity index is 1.83. The van der Waals surface area contributed by atoms with E-state index in [-0.39, 0.29) is 0 Å². The topological polar surface area (TPSA) is 45.4 Å². The minimum absolute atomic E-state index is 0.487. The van der Waals surface area contributed by atoms with Crippen LogP contribution in [0.3, 0.4) is 0 Å². The first-order valence-electron chi connectivity index (χ1n) is 6.15. The number of hydrogen-bond acceptors (Lipinski definition) is 3. The van der Waals surface area contributed by atoms with Gasteiger partial charge in [-0.15, -0.1) is 0 Å². The molecule has 3 nitrogen and oxygen atoms in total. The smallest absolute Gasteiger partial charge is 0.133 e. The fourth-order valence-electron chi connectivity index (χ4n) is 1.85. The van der Waals surface area contributed by atoms with Crippen molar-refractivity contribution in [2.45, 2.75) is 26.5 Å². The Morgan fingerprint density at radius 3 is 2.72 bits per heavy atom. The summed E-state index contributed by atoms with van der Waals surface area (Å²) in [5.74, 6) is 0.600. The zero-order chi connectivity index (χ0) is 13.0. The van der Waals surface area contributed by atoms with Crippen LogP contribution in [-0.2, 0) is 6.54 Å². The lowest BCUT2D eigenvalue weighted by atomic mass is 10.1. The summed E-state index contributed by atoms with van der Waals surface area (Å²) in [7, 11) is 0. The summed E-state index contributed by atoms with van der Waals surface area (Å²) in [5.41, 5.74) is 3.82. The van der Waals surface area contributed by atoms with Crippen LogP contribution in [0.1, 0.15) is 28.6 Å². The van der Waals surface area contributed by atoms with Gasteiger partial charge < -0.3 is 14.8 Å². The lowest BCUT2D eigenvalue weighted by molar-refractivity contribution is 0.147. The third-order valence-corrected chi connectivity index (χ3v) is 3.11. The second kappa shape index (κ2) is 5.85. The summed E-state index contributed by atoms with van der Waals surface area (Å²) in [6.45, 7) is 5.45. The molecule has 0 fully saturated rings. The number of nitrogens with one attached hydrogen (secondary N) is 1. The van der Waals surface area contributed by atoms with Gasteiger partial charge in [-0.05, 0) is 42.7 Å². The van der Waals surface area contributed by atoms with E-state index in [9.17, 15) is 5.11 Å². The summed E-state index contributed by atoms with van der Waals surface area (Å²) < 4.78 is 5.14. The Kier molecular flexibility index (Phi) is 4.18. The largest absolute Gasteiger partial charge is 0.467 e. The molecule has 0 saturated heterocycles. The van der Waals surface area contributed by atoms with Gasteiger partial charge in [-0.25, -0.2) is 0 Å². The van der Waals surface area contributed by atoms with Gasteiger partial charge in [0, 0.05) is 13.1 Å². The van der Waals surface area contributed by atoms with Gasteiger partial charge in [-0.1, -0.05) is 18.2 Å². The third-order valence-electron chi connectivity index (χ3n) is 3.11. The number of rotatable bonds is 5. The SMILES string of the molecule is Cc1ccc(CNCC(O)c2ccco2)cc1C. The van der Waals surface area contributed by atoms with Crippen molar-refractivity contribution < 1.29 is 9.52 Å². The van der Waals surface area contributed by atoms with Crippen molar-refractivity contribution in [2.24, 2.45) is 0 Å². The van der Waals surface area contributed by atoms with Crippen LogP contribution in [-0.4, -0.2) is 11.7 Å². The van der Waals surface area contributed by atoms with E-state index in [0.29, 0.717) is 12.3 Å². The number of furan rings is 1. The second-order valence-electron chi connectivity index (χ2n) is 4.58. The fraction of sp³-hybridized carbons (Fsp3) is 0.333. The Morgan fingerprint density at radius 2 is 2.06 bits per heavy atom. The molecule has 2 N–H and O–H groups in total. The van der Waals surface area contributed by atoms with Crippen molar-refractivity contribution in [1.82, 2.24) is 5.32 Å². The van der Waals surface area contributed by atoms with Gasteiger partial charge in [0.15, 0.2) is 0 Å². The molecule has 1 unspecified atom stereocenters. The predicted molar refractivity (Wildman–Crippen MR) is 71.3 cm³/mol. The molecule has 2 aromatic rings. The molecule has 96 valence electrons. The Hall–Kier alpha value is -1.58. The first-order valence-corrected chi connectivity index (χ1v) is 6.15. The first-order chi connectivity index (χ1) is 8.66. The van der Waals surface area contributed by atoms with E-state index < -0.39 is 6.10 Å². The van der Waals surface area contributed by atoms with Gasteiger partial charge in [-0.2, -0.15) is 0 Å². The van der Waals surface area contributed by atoms with E-state index in [2.05, 4.69) is 37.4 Å². The predicted octanol–water partition coefficient (Wildman–Crippen LogP) is 2.72. The molecule has 3 heteroatoms. The van der Waals surface area contributed by atoms with Gasteiger partial charge >= 0.3 is 0 Å². The monoisotopic (exact) mass is 245 g/mol. The average molecular weight is 245 g/mol. The van der Waals surface area contributed by atoms with E-state index >= 15 is 0 Å². The van der Waals surface area contributed by atoms with Crippen LogP contribution in [0.25, 0.3) is 0 Å². The second-order valence-corrected chi connectivity index (χ2v) is 4.58. The van der Waals surface area contributed by atoms with Crippen molar-refractivity contribution in [2.75, 3.05) is 6.54 Å². The van der Waals surface area contributed by atoms with E-state index in [1.165, 1.54) is 16.7 Å². The van der Waals surface area contributed by atoms with Gasteiger partial charge in [0.05, 0.1) is 6.26 Å². The molecule has 0 saturated carbocycles. The summed E-state index contributed by atoms with van der Waals surface area (Å²) >= 11 is 0. The summed E-state index contributed by atoms with van der Waals surface area (Å²) in [6.07, 6.45) is 0.980. The average Bonchev–Trinajstić information content (AvgIpc) is 2.87. The quantitative estimate of drug-likeness (QED) is 0.851. The Morgan fingerprint density at radius 1 is 1.22 bits per heavy atom. The van der Waals surface area contributed by atoms with Crippen molar-refractivity contribution >= 4 is 0 Å².